The Hall–Kier alpha value is -1.90. The normalized spacial score (nSPS) is 10.7. The molecule has 0 amide bonds. The van der Waals surface area contributed by atoms with E-state index < -0.39 is 0 Å². The third kappa shape index (κ3) is 2.21. The SMILES string of the molecule is CC(=O)c1c(C)nn(Cc2ccccc2C)c1C. The van der Waals surface area contributed by atoms with Gasteiger partial charge in [-0.05, 0) is 38.8 Å². The van der Waals surface area contributed by atoms with Crippen LogP contribution in [0, 0.1) is 20.8 Å². The zero-order chi connectivity index (χ0) is 13.3. The molecule has 1 aromatic heterocycles. The molecule has 1 heterocycles. The lowest BCUT2D eigenvalue weighted by Crippen LogP contribution is -2.06. The average molecular weight is 242 g/mol. The summed E-state index contributed by atoms with van der Waals surface area (Å²) in [5.74, 6) is 0.0843. The summed E-state index contributed by atoms with van der Waals surface area (Å²) < 4.78 is 1.91. The quantitative estimate of drug-likeness (QED) is 0.775. The van der Waals surface area contributed by atoms with Crippen LogP contribution in [-0.4, -0.2) is 15.6 Å². The highest BCUT2D eigenvalue weighted by Gasteiger charge is 2.15. The predicted molar refractivity (Wildman–Crippen MR) is 72.0 cm³/mol. The van der Waals surface area contributed by atoms with Gasteiger partial charge in [0.1, 0.15) is 0 Å². The zero-order valence-corrected chi connectivity index (χ0v) is 11.3. The Balaban J connectivity index is 2.39. The molecule has 0 atom stereocenters. The Kier molecular flexibility index (Phi) is 3.32. The topological polar surface area (TPSA) is 34.9 Å². The van der Waals surface area contributed by atoms with Crippen molar-refractivity contribution in [3.63, 3.8) is 0 Å². The summed E-state index contributed by atoms with van der Waals surface area (Å²) in [6.07, 6.45) is 0. The van der Waals surface area contributed by atoms with Gasteiger partial charge < -0.3 is 0 Å². The fraction of sp³-hybridized carbons (Fsp3) is 0.333. The fourth-order valence-electron chi connectivity index (χ4n) is 2.31. The summed E-state index contributed by atoms with van der Waals surface area (Å²) in [6.45, 7) is 8.24. The number of aromatic nitrogens is 2. The van der Waals surface area contributed by atoms with Crippen LogP contribution in [0.5, 0.6) is 0 Å². The smallest absolute Gasteiger partial charge is 0.163 e. The van der Waals surface area contributed by atoms with Crippen LogP contribution in [0.15, 0.2) is 24.3 Å². The number of hydrogen-bond donors (Lipinski definition) is 0. The molecule has 94 valence electrons. The maximum absolute atomic E-state index is 11.6. The molecule has 0 saturated carbocycles. The second-order valence-corrected chi connectivity index (χ2v) is 4.69. The van der Waals surface area contributed by atoms with Crippen LogP contribution in [0.25, 0.3) is 0 Å². The lowest BCUT2D eigenvalue weighted by molar-refractivity contribution is 0.101. The van der Waals surface area contributed by atoms with Crippen LogP contribution in [0.2, 0.25) is 0 Å². The van der Waals surface area contributed by atoms with E-state index in [4.69, 9.17) is 0 Å². The van der Waals surface area contributed by atoms with Crippen LogP contribution in [0.4, 0.5) is 0 Å². The van der Waals surface area contributed by atoms with Crippen molar-refractivity contribution in [2.24, 2.45) is 0 Å². The molecule has 0 spiro atoms. The standard InChI is InChI=1S/C15H18N2O/c1-10-7-5-6-8-14(10)9-17-12(3)15(13(4)18)11(2)16-17/h5-8H,9H2,1-4H3. The van der Waals surface area contributed by atoms with Crippen molar-refractivity contribution in [1.29, 1.82) is 0 Å². The van der Waals surface area contributed by atoms with E-state index >= 15 is 0 Å². The van der Waals surface area contributed by atoms with E-state index in [1.54, 1.807) is 6.92 Å². The van der Waals surface area contributed by atoms with Gasteiger partial charge in [-0.3, -0.25) is 9.48 Å². The minimum absolute atomic E-state index is 0.0843. The molecule has 0 N–H and O–H groups in total. The number of nitrogens with zero attached hydrogens (tertiary/aromatic N) is 2. The number of ketones is 1. The number of carbonyl (C=O) groups excluding carboxylic acids is 1. The molecule has 0 aliphatic carbocycles. The third-order valence-electron chi connectivity index (χ3n) is 3.31. The lowest BCUT2D eigenvalue weighted by atomic mass is 10.1. The molecule has 3 heteroatoms. The van der Waals surface area contributed by atoms with Crippen molar-refractivity contribution in [3.8, 4) is 0 Å². The molecule has 0 fully saturated rings. The van der Waals surface area contributed by atoms with E-state index in [-0.39, 0.29) is 5.78 Å². The number of hydrogen-bond acceptors (Lipinski definition) is 2. The maximum atomic E-state index is 11.6. The van der Waals surface area contributed by atoms with Gasteiger partial charge >= 0.3 is 0 Å². The first-order valence-corrected chi connectivity index (χ1v) is 6.10. The third-order valence-corrected chi connectivity index (χ3v) is 3.31. The molecule has 0 bridgehead atoms. The van der Waals surface area contributed by atoms with E-state index in [0.717, 1.165) is 17.0 Å². The average Bonchev–Trinajstić information content (AvgIpc) is 2.57. The minimum Gasteiger partial charge on any atom is -0.294 e. The highest BCUT2D eigenvalue weighted by atomic mass is 16.1. The number of rotatable bonds is 3. The van der Waals surface area contributed by atoms with Gasteiger partial charge in [-0.25, -0.2) is 0 Å². The lowest BCUT2D eigenvalue weighted by Gasteiger charge is -2.07. The summed E-state index contributed by atoms with van der Waals surface area (Å²) in [6, 6.07) is 8.24. The number of benzene rings is 1. The molecule has 0 radical (unpaired) electrons. The molecule has 0 unspecified atom stereocenters. The monoisotopic (exact) mass is 242 g/mol. The molecule has 2 aromatic rings. The first-order chi connectivity index (χ1) is 8.50. The van der Waals surface area contributed by atoms with Crippen LogP contribution >= 0.6 is 0 Å². The van der Waals surface area contributed by atoms with Gasteiger partial charge in [-0.15, -0.1) is 0 Å². The number of aryl methyl sites for hydroxylation is 2. The van der Waals surface area contributed by atoms with E-state index in [9.17, 15) is 4.79 Å². The Labute approximate surface area is 107 Å². The molecule has 0 aliphatic heterocycles. The number of Topliss-reactive ketones (excluding diaryl/α,β-unsaturated/α-hetero) is 1. The Bertz CT molecular complexity index is 597. The van der Waals surface area contributed by atoms with Crippen molar-refractivity contribution < 1.29 is 4.79 Å². The minimum atomic E-state index is 0.0843. The summed E-state index contributed by atoms with van der Waals surface area (Å²) in [4.78, 5) is 11.6. The molecule has 18 heavy (non-hydrogen) atoms. The van der Waals surface area contributed by atoms with Gasteiger partial charge in [-0.1, -0.05) is 24.3 Å². The van der Waals surface area contributed by atoms with Crippen LogP contribution < -0.4 is 0 Å². The van der Waals surface area contributed by atoms with Crippen molar-refractivity contribution >= 4 is 5.78 Å². The summed E-state index contributed by atoms with van der Waals surface area (Å²) >= 11 is 0. The Morgan fingerprint density at radius 2 is 1.89 bits per heavy atom. The summed E-state index contributed by atoms with van der Waals surface area (Å²) in [7, 11) is 0. The molecule has 0 saturated heterocycles. The maximum Gasteiger partial charge on any atom is 0.163 e. The van der Waals surface area contributed by atoms with Crippen molar-refractivity contribution in [1.82, 2.24) is 9.78 Å². The van der Waals surface area contributed by atoms with E-state index in [1.807, 2.05) is 30.7 Å². The molecule has 3 nitrogen and oxygen atoms in total. The Morgan fingerprint density at radius 3 is 2.44 bits per heavy atom. The second-order valence-electron chi connectivity index (χ2n) is 4.69. The number of carbonyl (C=O) groups is 1. The first-order valence-electron chi connectivity index (χ1n) is 6.10. The molecule has 2 rings (SSSR count). The fourth-order valence-corrected chi connectivity index (χ4v) is 2.31. The van der Waals surface area contributed by atoms with E-state index in [1.165, 1.54) is 11.1 Å². The predicted octanol–water partition coefficient (Wildman–Crippen LogP) is 3.06. The van der Waals surface area contributed by atoms with Crippen LogP contribution in [0.3, 0.4) is 0 Å². The Morgan fingerprint density at radius 1 is 1.22 bits per heavy atom. The van der Waals surface area contributed by atoms with Gasteiger partial charge in [0.15, 0.2) is 5.78 Å². The first kappa shape index (κ1) is 12.6. The van der Waals surface area contributed by atoms with E-state index in [2.05, 4.69) is 24.2 Å². The summed E-state index contributed by atoms with van der Waals surface area (Å²) in [5.41, 5.74) is 4.99. The molecular formula is C15H18N2O. The highest BCUT2D eigenvalue weighted by Crippen LogP contribution is 2.16. The van der Waals surface area contributed by atoms with Gasteiger partial charge in [0.2, 0.25) is 0 Å². The molecular weight excluding hydrogens is 224 g/mol. The van der Waals surface area contributed by atoms with Gasteiger partial charge in [0, 0.05) is 5.69 Å². The van der Waals surface area contributed by atoms with Crippen LogP contribution in [0.1, 0.15) is 39.8 Å². The van der Waals surface area contributed by atoms with Gasteiger partial charge in [-0.2, -0.15) is 5.10 Å². The van der Waals surface area contributed by atoms with E-state index in [0.29, 0.717) is 6.54 Å². The second kappa shape index (κ2) is 4.77. The van der Waals surface area contributed by atoms with Crippen molar-refractivity contribution in [2.75, 3.05) is 0 Å². The van der Waals surface area contributed by atoms with Gasteiger partial charge in [0.25, 0.3) is 0 Å². The van der Waals surface area contributed by atoms with Crippen LogP contribution in [-0.2, 0) is 6.54 Å². The highest BCUT2D eigenvalue weighted by molar-refractivity contribution is 5.96. The van der Waals surface area contributed by atoms with Crippen molar-refractivity contribution in [3.05, 3.63) is 52.3 Å². The molecule has 0 aliphatic rings. The summed E-state index contributed by atoms with van der Waals surface area (Å²) in [5, 5.41) is 4.46. The van der Waals surface area contributed by atoms with Crippen molar-refractivity contribution in [2.45, 2.75) is 34.2 Å². The zero-order valence-electron chi connectivity index (χ0n) is 11.3. The molecule has 1 aromatic carbocycles. The largest absolute Gasteiger partial charge is 0.294 e. The van der Waals surface area contributed by atoms with Gasteiger partial charge in [0.05, 0.1) is 17.8 Å².